The molecule has 0 radical (unpaired) electrons. The zero-order valence-electron chi connectivity index (χ0n) is 10.7. The third-order valence-corrected chi connectivity index (χ3v) is 3.01. The predicted octanol–water partition coefficient (Wildman–Crippen LogP) is 2.79. The Balaban J connectivity index is 2.23. The van der Waals surface area contributed by atoms with Crippen molar-refractivity contribution in [3.8, 4) is 0 Å². The molecule has 3 nitrogen and oxygen atoms in total. The van der Waals surface area contributed by atoms with Crippen LogP contribution in [0.4, 0.5) is 4.39 Å². The van der Waals surface area contributed by atoms with Gasteiger partial charge in [-0.15, -0.1) is 0 Å². The zero-order chi connectivity index (χ0) is 13.1. The third kappa shape index (κ3) is 2.59. The highest BCUT2D eigenvalue weighted by Crippen LogP contribution is 2.21. The molecule has 4 heteroatoms. The van der Waals surface area contributed by atoms with E-state index in [0.29, 0.717) is 5.56 Å². The van der Waals surface area contributed by atoms with E-state index in [1.165, 1.54) is 6.07 Å². The maximum absolute atomic E-state index is 13.2. The highest BCUT2D eigenvalue weighted by atomic mass is 19.1. The summed E-state index contributed by atoms with van der Waals surface area (Å²) in [6, 6.07) is 4.72. The Morgan fingerprint density at radius 1 is 1.39 bits per heavy atom. The van der Waals surface area contributed by atoms with Crippen molar-refractivity contribution in [1.29, 1.82) is 0 Å². The van der Waals surface area contributed by atoms with Crippen LogP contribution in [0.1, 0.15) is 36.1 Å². The van der Waals surface area contributed by atoms with Gasteiger partial charge in [-0.25, -0.2) is 4.39 Å². The summed E-state index contributed by atoms with van der Waals surface area (Å²) in [5.41, 5.74) is 8.64. The summed E-state index contributed by atoms with van der Waals surface area (Å²) in [5, 5.41) is 4.26. The normalized spacial score (nSPS) is 12.7. The number of nitrogens with two attached hydrogens (primary N) is 1. The van der Waals surface area contributed by atoms with E-state index in [1.807, 2.05) is 10.9 Å². The molecule has 0 saturated carbocycles. The molecule has 1 atom stereocenters. The van der Waals surface area contributed by atoms with Crippen LogP contribution in [-0.4, -0.2) is 9.78 Å². The summed E-state index contributed by atoms with van der Waals surface area (Å²) in [4.78, 5) is 0. The maximum atomic E-state index is 13.2. The van der Waals surface area contributed by atoms with Crippen LogP contribution in [0, 0.1) is 12.7 Å². The molecular weight excluding hydrogens is 229 g/mol. The number of hydrogen-bond acceptors (Lipinski definition) is 2. The van der Waals surface area contributed by atoms with Crippen LogP contribution in [0.3, 0.4) is 0 Å². The number of nitrogens with zero attached hydrogens (tertiary/aromatic N) is 2. The van der Waals surface area contributed by atoms with E-state index >= 15 is 0 Å². The Hall–Kier alpha value is -1.68. The Labute approximate surface area is 106 Å². The van der Waals surface area contributed by atoms with Crippen LogP contribution in [0.2, 0.25) is 0 Å². The summed E-state index contributed by atoms with van der Waals surface area (Å²) in [7, 11) is 0. The van der Waals surface area contributed by atoms with Gasteiger partial charge in [0, 0.05) is 18.3 Å². The molecule has 1 aromatic carbocycles. The summed E-state index contributed by atoms with van der Waals surface area (Å²) >= 11 is 0. The van der Waals surface area contributed by atoms with Gasteiger partial charge in [0.1, 0.15) is 5.82 Å². The molecule has 2 aromatic rings. The molecule has 0 saturated heterocycles. The molecule has 96 valence electrons. The number of aryl methyl sites for hydroxylation is 2. The van der Waals surface area contributed by atoms with Gasteiger partial charge in [-0.1, -0.05) is 19.1 Å². The van der Waals surface area contributed by atoms with Crippen LogP contribution >= 0.6 is 0 Å². The first-order valence-electron chi connectivity index (χ1n) is 6.15. The molecule has 0 bridgehead atoms. The fourth-order valence-electron chi connectivity index (χ4n) is 1.95. The van der Waals surface area contributed by atoms with Crippen LogP contribution in [0.25, 0.3) is 0 Å². The van der Waals surface area contributed by atoms with Crippen LogP contribution < -0.4 is 5.73 Å². The van der Waals surface area contributed by atoms with Crippen molar-refractivity contribution in [3.05, 3.63) is 53.1 Å². The summed E-state index contributed by atoms with van der Waals surface area (Å²) < 4.78 is 15.1. The predicted molar refractivity (Wildman–Crippen MR) is 69.7 cm³/mol. The van der Waals surface area contributed by atoms with E-state index in [-0.39, 0.29) is 11.9 Å². The van der Waals surface area contributed by atoms with Gasteiger partial charge in [0.05, 0.1) is 12.2 Å². The largest absolute Gasteiger partial charge is 0.320 e. The van der Waals surface area contributed by atoms with E-state index in [9.17, 15) is 4.39 Å². The first kappa shape index (κ1) is 12.8. The average molecular weight is 247 g/mol. The minimum Gasteiger partial charge on any atom is -0.320 e. The molecule has 1 aromatic heterocycles. The van der Waals surface area contributed by atoms with E-state index in [1.54, 1.807) is 25.3 Å². The van der Waals surface area contributed by atoms with Crippen LogP contribution in [-0.2, 0) is 6.54 Å². The first-order chi connectivity index (χ1) is 8.61. The standard InChI is InChI=1S/C14H18FN3/c1-3-6-18-9-12(8-17-18)14(16)11-4-5-13(15)10(2)7-11/h4-5,7-9,14H,3,6,16H2,1-2H3. The van der Waals surface area contributed by atoms with Crippen molar-refractivity contribution < 1.29 is 4.39 Å². The van der Waals surface area contributed by atoms with Crippen molar-refractivity contribution in [1.82, 2.24) is 9.78 Å². The van der Waals surface area contributed by atoms with Crippen molar-refractivity contribution >= 4 is 0 Å². The Bertz CT molecular complexity index is 534. The zero-order valence-corrected chi connectivity index (χ0v) is 10.7. The van der Waals surface area contributed by atoms with Crippen molar-refractivity contribution in [2.45, 2.75) is 32.9 Å². The summed E-state index contributed by atoms with van der Waals surface area (Å²) in [6.45, 7) is 4.73. The lowest BCUT2D eigenvalue weighted by molar-refractivity contribution is 0.601. The van der Waals surface area contributed by atoms with Gasteiger partial charge in [0.2, 0.25) is 0 Å². The lowest BCUT2D eigenvalue weighted by Gasteiger charge is -2.11. The van der Waals surface area contributed by atoms with Crippen molar-refractivity contribution in [2.24, 2.45) is 5.73 Å². The number of benzene rings is 1. The highest BCUT2D eigenvalue weighted by Gasteiger charge is 2.12. The Morgan fingerprint density at radius 2 is 2.17 bits per heavy atom. The van der Waals surface area contributed by atoms with Crippen LogP contribution in [0.15, 0.2) is 30.6 Å². The fourth-order valence-corrected chi connectivity index (χ4v) is 1.95. The van der Waals surface area contributed by atoms with Gasteiger partial charge in [-0.05, 0) is 30.5 Å². The van der Waals surface area contributed by atoms with Gasteiger partial charge < -0.3 is 5.73 Å². The fraction of sp³-hybridized carbons (Fsp3) is 0.357. The second-order valence-electron chi connectivity index (χ2n) is 4.52. The molecular formula is C14H18FN3. The lowest BCUT2D eigenvalue weighted by atomic mass is 10.0. The molecule has 1 unspecified atom stereocenters. The number of hydrogen-bond donors (Lipinski definition) is 1. The highest BCUT2D eigenvalue weighted by molar-refractivity contribution is 5.32. The first-order valence-corrected chi connectivity index (χ1v) is 6.15. The minimum atomic E-state index is -0.255. The van der Waals surface area contributed by atoms with E-state index in [4.69, 9.17) is 5.73 Å². The molecule has 1 heterocycles. The van der Waals surface area contributed by atoms with Crippen molar-refractivity contribution in [3.63, 3.8) is 0 Å². The van der Waals surface area contributed by atoms with E-state index < -0.39 is 0 Å². The second kappa shape index (κ2) is 5.31. The number of rotatable bonds is 4. The van der Waals surface area contributed by atoms with Gasteiger partial charge in [-0.3, -0.25) is 4.68 Å². The van der Waals surface area contributed by atoms with Gasteiger partial charge >= 0.3 is 0 Å². The van der Waals surface area contributed by atoms with Gasteiger partial charge in [-0.2, -0.15) is 5.10 Å². The molecule has 2 rings (SSSR count). The third-order valence-electron chi connectivity index (χ3n) is 3.01. The quantitative estimate of drug-likeness (QED) is 0.902. The van der Waals surface area contributed by atoms with Crippen LogP contribution in [0.5, 0.6) is 0 Å². The van der Waals surface area contributed by atoms with Gasteiger partial charge in [0.15, 0.2) is 0 Å². The molecule has 0 amide bonds. The second-order valence-corrected chi connectivity index (χ2v) is 4.52. The smallest absolute Gasteiger partial charge is 0.126 e. The SMILES string of the molecule is CCCn1cc(C(N)c2ccc(F)c(C)c2)cn1. The topological polar surface area (TPSA) is 43.8 Å². The summed E-state index contributed by atoms with van der Waals surface area (Å²) in [6.07, 6.45) is 4.76. The van der Waals surface area contributed by atoms with Gasteiger partial charge in [0.25, 0.3) is 0 Å². The Kier molecular flexibility index (Phi) is 3.77. The molecule has 0 aliphatic rings. The summed E-state index contributed by atoms with van der Waals surface area (Å²) in [5.74, 6) is -0.201. The number of halogens is 1. The minimum absolute atomic E-state index is 0.201. The van der Waals surface area contributed by atoms with E-state index in [2.05, 4.69) is 12.0 Å². The van der Waals surface area contributed by atoms with Crippen molar-refractivity contribution in [2.75, 3.05) is 0 Å². The molecule has 18 heavy (non-hydrogen) atoms. The maximum Gasteiger partial charge on any atom is 0.126 e. The molecule has 0 fully saturated rings. The molecule has 0 aliphatic heterocycles. The molecule has 0 spiro atoms. The molecule has 2 N–H and O–H groups in total. The monoisotopic (exact) mass is 247 g/mol. The average Bonchev–Trinajstić information content (AvgIpc) is 2.81. The van der Waals surface area contributed by atoms with E-state index in [0.717, 1.165) is 24.1 Å². The Morgan fingerprint density at radius 3 is 2.83 bits per heavy atom. The number of aromatic nitrogens is 2. The lowest BCUT2D eigenvalue weighted by Crippen LogP contribution is -2.11. The molecule has 0 aliphatic carbocycles.